The van der Waals surface area contributed by atoms with Crippen LogP contribution in [-0.4, -0.2) is 43.1 Å². The SMILES string of the molecule is CCNC(=O)[C@H](C)NC(=O)COC(=O)c1ccc(COC(C)C)cc1. The van der Waals surface area contributed by atoms with Gasteiger partial charge in [0, 0.05) is 6.54 Å². The van der Waals surface area contributed by atoms with E-state index in [2.05, 4.69) is 10.6 Å². The summed E-state index contributed by atoms with van der Waals surface area (Å²) in [6, 6.07) is 6.10. The largest absolute Gasteiger partial charge is 0.452 e. The lowest BCUT2D eigenvalue weighted by Crippen LogP contribution is -2.46. The molecule has 1 atom stereocenters. The molecule has 1 rings (SSSR count). The molecule has 0 spiro atoms. The number of carbonyl (C=O) groups excluding carboxylic acids is 3. The molecule has 0 saturated heterocycles. The second-order valence-corrected chi connectivity index (χ2v) is 5.82. The number of ether oxygens (including phenoxy) is 2. The van der Waals surface area contributed by atoms with Gasteiger partial charge in [-0.05, 0) is 45.4 Å². The number of esters is 1. The molecule has 25 heavy (non-hydrogen) atoms. The molecule has 7 heteroatoms. The number of benzene rings is 1. The highest BCUT2D eigenvalue weighted by Crippen LogP contribution is 2.08. The Labute approximate surface area is 148 Å². The van der Waals surface area contributed by atoms with Crippen molar-refractivity contribution >= 4 is 17.8 Å². The monoisotopic (exact) mass is 350 g/mol. The van der Waals surface area contributed by atoms with E-state index in [-0.39, 0.29) is 12.0 Å². The van der Waals surface area contributed by atoms with Gasteiger partial charge in [-0.1, -0.05) is 12.1 Å². The lowest BCUT2D eigenvalue weighted by atomic mass is 10.1. The summed E-state index contributed by atoms with van der Waals surface area (Å²) in [4.78, 5) is 35.2. The average molecular weight is 350 g/mol. The first-order chi connectivity index (χ1) is 11.8. The number of hydrogen-bond acceptors (Lipinski definition) is 5. The topological polar surface area (TPSA) is 93.7 Å². The maximum atomic E-state index is 11.9. The van der Waals surface area contributed by atoms with Crippen LogP contribution in [0.1, 0.15) is 43.6 Å². The minimum atomic E-state index is -0.689. The second kappa shape index (κ2) is 10.5. The Morgan fingerprint density at radius 2 is 1.72 bits per heavy atom. The molecule has 2 N–H and O–H groups in total. The number of nitrogens with one attached hydrogen (secondary N) is 2. The van der Waals surface area contributed by atoms with Gasteiger partial charge in [-0.3, -0.25) is 9.59 Å². The fraction of sp³-hybridized carbons (Fsp3) is 0.500. The number of likely N-dealkylation sites (N-methyl/N-ethyl adjacent to an activating group) is 1. The third kappa shape index (κ3) is 7.80. The van der Waals surface area contributed by atoms with Gasteiger partial charge in [0.05, 0.1) is 18.3 Å². The van der Waals surface area contributed by atoms with Crippen molar-refractivity contribution in [2.24, 2.45) is 0 Å². The van der Waals surface area contributed by atoms with Crippen molar-refractivity contribution in [3.05, 3.63) is 35.4 Å². The third-order valence-corrected chi connectivity index (χ3v) is 3.23. The second-order valence-electron chi connectivity index (χ2n) is 5.82. The minimum Gasteiger partial charge on any atom is -0.452 e. The summed E-state index contributed by atoms with van der Waals surface area (Å²) in [5, 5.41) is 5.06. The molecule has 1 aromatic rings. The molecule has 0 unspecified atom stereocenters. The Kier molecular flexibility index (Phi) is 8.63. The predicted octanol–water partition coefficient (Wildman–Crippen LogP) is 1.41. The van der Waals surface area contributed by atoms with Crippen molar-refractivity contribution in [1.82, 2.24) is 10.6 Å². The molecule has 0 aliphatic carbocycles. The predicted molar refractivity (Wildman–Crippen MR) is 92.9 cm³/mol. The lowest BCUT2D eigenvalue weighted by molar-refractivity contribution is -0.130. The Morgan fingerprint density at radius 3 is 2.28 bits per heavy atom. The van der Waals surface area contributed by atoms with Gasteiger partial charge >= 0.3 is 5.97 Å². The van der Waals surface area contributed by atoms with Crippen molar-refractivity contribution in [1.29, 1.82) is 0 Å². The van der Waals surface area contributed by atoms with E-state index in [1.807, 2.05) is 13.8 Å². The molecule has 0 fully saturated rings. The van der Waals surface area contributed by atoms with Crippen LogP contribution in [0.15, 0.2) is 24.3 Å². The molecule has 0 bridgehead atoms. The maximum absolute atomic E-state index is 11.9. The quantitative estimate of drug-likeness (QED) is 0.657. The molecule has 0 saturated carbocycles. The van der Waals surface area contributed by atoms with Crippen molar-refractivity contribution in [2.75, 3.05) is 13.2 Å². The highest BCUT2D eigenvalue weighted by Gasteiger charge is 2.16. The highest BCUT2D eigenvalue weighted by atomic mass is 16.5. The molecule has 0 aliphatic heterocycles. The fourth-order valence-corrected chi connectivity index (χ4v) is 1.89. The summed E-state index contributed by atoms with van der Waals surface area (Å²) >= 11 is 0. The smallest absolute Gasteiger partial charge is 0.338 e. The van der Waals surface area contributed by atoms with Gasteiger partial charge < -0.3 is 20.1 Å². The van der Waals surface area contributed by atoms with E-state index in [9.17, 15) is 14.4 Å². The van der Waals surface area contributed by atoms with Crippen molar-refractivity contribution in [3.63, 3.8) is 0 Å². The molecule has 0 heterocycles. The number of carbonyl (C=O) groups is 3. The van der Waals surface area contributed by atoms with Crippen LogP contribution in [-0.2, 0) is 25.7 Å². The summed E-state index contributed by atoms with van der Waals surface area (Å²) in [6.07, 6.45) is 0.130. The molecule has 0 aliphatic rings. The normalized spacial score (nSPS) is 11.7. The van der Waals surface area contributed by atoms with Crippen molar-refractivity contribution in [2.45, 2.75) is 46.4 Å². The van der Waals surface area contributed by atoms with E-state index in [0.717, 1.165) is 5.56 Å². The van der Waals surface area contributed by atoms with Crippen LogP contribution in [0.4, 0.5) is 0 Å². The van der Waals surface area contributed by atoms with Gasteiger partial charge in [0.2, 0.25) is 5.91 Å². The van der Waals surface area contributed by atoms with Crippen molar-refractivity contribution < 1.29 is 23.9 Å². The number of rotatable bonds is 9. The molecule has 138 valence electrons. The van der Waals surface area contributed by atoms with E-state index in [4.69, 9.17) is 9.47 Å². The fourth-order valence-electron chi connectivity index (χ4n) is 1.89. The molecule has 7 nitrogen and oxygen atoms in total. The van der Waals surface area contributed by atoms with Gasteiger partial charge in [0.15, 0.2) is 6.61 Å². The summed E-state index contributed by atoms with van der Waals surface area (Å²) < 4.78 is 10.4. The summed E-state index contributed by atoms with van der Waals surface area (Å²) in [7, 11) is 0. The van der Waals surface area contributed by atoms with Crippen LogP contribution >= 0.6 is 0 Å². The van der Waals surface area contributed by atoms with Crippen LogP contribution in [0.3, 0.4) is 0 Å². The zero-order valence-corrected chi connectivity index (χ0v) is 15.1. The Hall–Kier alpha value is -2.41. The van der Waals surface area contributed by atoms with Crippen LogP contribution < -0.4 is 10.6 Å². The Morgan fingerprint density at radius 1 is 1.08 bits per heavy atom. The zero-order valence-electron chi connectivity index (χ0n) is 15.1. The summed E-state index contributed by atoms with van der Waals surface area (Å²) in [5.41, 5.74) is 1.29. The standard InChI is InChI=1S/C18H26N2O5/c1-5-19-17(22)13(4)20-16(21)11-25-18(23)15-8-6-14(7-9-15)10-24-12(2)3/h6-9,12-13H,5,10-11H2,1-4H3,(H,19,22)(H,20,21)/t13-/m0/s1. The van der Waals surface area contributed by atoms with Gasteiger partial charge in [-0.2, -0.15) is 0 Å². The van der Waals surface area contributed by atoms with Gasteiger partial charge in [0.1, 0.15) is 6.04 Å². The first-order valence-corrected chi connectivity index (χ1v) is 8.28. The van der Waals surface area contributed by atoms with E-state index < -0.39 is 24.5 Å². The van der Waals surface area contributed by atoms with Crippen LogP contribution in [0.2, 0.25) is 0 Å². The molecule has 2 amide bonds. The van der Waals surface area contributed by atoms with E-state index in [1.54, 1.807) is 38.1 Å². The highest BCUT2D eigenvalue weighted by molar-refractivity contribution is 5.92. The first kappa shape index (κ1) is 20.6. The molecule has 0 radical (unpaired) electrons. The lowest BCUT2D eigenvalue weighted by Gasteiger charge is -2.13. The van der Waals surface area contributed by atoms with E-state index in [0.29, 0.717) is 18.7 Å². The van der Waals surface area contributed by atoms with Gasteiger partial charge in [0.25, 0.3) is 5.91 Å². The first-order valence-electron chi connectivity index (χ1n) is 8.28. The van der Waals surface area contributed by atoms with E-state index in [1.165, 1.54) is 0 Å². The van der Waals surface area contributed by atoms with Crippen LogP contribution in [0.5, 0.6) is 0 Å². The molecular weight excluding hydrogens is 324 g/mol. The summed E-state index contributed by atoms with van der Waals surface area (Å²) in [6.45, 7) is 7.74. The number of amides is 2. The van der Waals surface area contributed by atoms with E-state index >= 15 is 0 Å². The van der Waals surface area contributed by atoms with Crippen LogP contribution in [0, 0.1) is 0 Å². The third-order valence-electron chi connectivity index (χ3n) is 3.23. The maximum Gasteiger partial charge on any atom is 0.338 e. The van der Waals surface area contributed by atoms with Gasteiger partial charge in [-0.25, -0.2) is 4.79 Å². The minimum absolute atomic E-state index is 0.130. The summed E-state index contributed by atoms with van der Waals surface area (Å²) in [5.74, 6) is -1.42. The Balaban J connectivity index is 2.43. The van der Waals surface area contributed by atoms with Gasteiger partial charge in [-0.15, -0.1) is 0 Å². The molecular formula is C18H26N2O5. The van der Waals surface area contributed by atoms with Crippen LogP contribution in [0.25, 0.3) is 0 Å². The zero-order chi connectivity index (χ0) is 18.8. The average Bonchev–Trinajstić information content (AvgIpc) is 2.58. The molecule has 1 aromatic carbocycles. The Bertz CT molecular complexity index is 584. The van der Waals surface area contributed by atoms with Crippen molar-refractivity contribution in [3.8, 4) is 0 Å². The number of hydrogen-bond donors (Lipinski definition) is 2. The molecule has 0 aromatic heterocycles.